The Balaban J connectivity index is 0.912. The van der Waals surface area contributed by atoms with E-state index in [4.69, 9.17) is 23.8 Å². The quantitative estimate of drug-likeness (QED) is 0.159. The van der Waals surface area contributed by atoms with Gasteiger partial charge >= 0.3 is 0 Å². The number of furan rings is 2. The van der Waals surface area contributed by atoms with Gasteiger partial charge in [-0.3, -0.25) is 0 Å². The fraction of sp³-hybridized carbons (Fsp3) is 0.0143. The van der Waals surface area contributed by atoms with Crippen molar-refractivity contribution in [3.63, 3.8) is 0 Å². The van der Waals surface area contributed by atoms with Crippen LogP contribution in [0.5, 0.6) is 0 Å². The van der Waals surface area contributed by atoms with Crippen molar-refractivity contribution in [2.45, 2.75) is 5.41 Å². The molecule has 76 heavy (non-hydrogen) atoms. The van der Waals surface area contributed by atoms with Crippen LogP contribution in [0.25, 0.3) is 132 Å². The van der Waals surface area contributed by atoms with Crippen molar-refractivity contribution in [2.75, 3.05) is 0 Å². The Bertz CT molecular complexity index is 4780. The van der Waals surface area contributed by atoms with Crippen LogP contribution in [0.15, 0.2) is 258 Å². The van der Waals surface area contributed by atoms with Gasteiger partial charge in [0.15, 0.2) is 17.5 Å². The highest BCUT2D eigenvalue weighted by atomic mass is 32.1. The average Bonchev–Trinajstić information content (AvgIpc) is 4.36. The first kappa shape index (κ1) is 42.7. The lowest BCUT2D eigenvalue weighted by atomic mass is 9.67. The van der Waals surface area contributed by atoms with Crippen LogP contribution in [0.2, 0.25) is 0 Å². The van der Waals surface area contributed by atoms with Crippen LogP contribution in [0, 0.1) is 0 Å². The summed E-state index contributed by atoms with van der Waals surface area (Å²) in [5.74, 6) is 1.70. The third-order valence-electron chi connectivity index (χ3n) is 15.7. The molecule has 16 rings (SSSR count). The van der Waals surface area contributed by atoms with Gasteiger partial charge in [0.2, 0.25) is 0 Å². The number of hydrogen-bond donors (Lipinski definition) is 0. The zero-order chi connectivity index (χ0) is 49.9. The predicted molar refractivity (Wildman–Crippen MR) is 312 cm³/mol. The van der Waals surface area contributed by atoms with Gasteiger partial charge in [0.1, 0.15) is 22.3 Å². The van der Waals surface area contributed by atoms with Gasteiger partial charge in [-0.1, -0.05) is 200 Å². The molecular weight excluding hydrogens is 947 g/mol. The van der Waals surface area contributed by atoms with Crippen LogP contribution in [-0.4, -0.2) is 15.0 Å². The summed E-state index contributed by atoms with van der Waals surface area (Å²) in [6.45, 7) is 0. The highest BCUT2D eigenvalue weighted by Crippen LogP contribution is 2.57. The first-order valence-electron chi connectivity index (χ1n) is 25.7. The summed E-state index contributed by atoms with van der Waals surface area (Å²) in [7, 11) is 0. The van der Waals surface area contributed by atoms with E-state index in [1.807, 2.05) is 36.4 Å². The molecule has 4 heterocycles. The van der Waals surface area contributed by atoms with Gasteiger partial charge < -0.3 is 8.83 Å². The molecule has 0 saturated carbocycles. The maximum Gasteiger partial charge on any atom is 0.165 e. The molecule has 15 aromatic rings. The number of aromatic nitrogens is 3. The molecule has 0 radical (unpaired) electrons. The number of fused-ring (bicyclic) bond motifs is 12. The van der Waals surface area contributed by atoms with Gasteiger partial charge in [-0.05, 0) is 104 Å². The molecule has 5 nitrogen and oxygen atoms in total. The van der Waals surface area contributed by atoms with E-state index in [9.17, 15) is 0 Å². The molecule has 0 spiro atoms. The van der Waals surface area contributed by atoms with Gasteiger partial charge in [-0.15, -0.1) is 11.3 Å². The monoisotopic (exact) mass is 987 g/mol. The second kappa shape index (κ2) is 16.6. The molecular formula is C70H41N3O2S. The molecule has 1 aliphatic rings. The fourth-order valence-corrected chi connectivity index (χ4v) is 13.6. The molecule has 6 heteroatoms. The first-order chi connectivity index (χ1) is 37.7. The average molecular weight is 988 g/mol. The Kier molecular flexibility index (Phi) is 9.35. The second-order valence-corrected chi connectivity index (χ2v) is 20.7. The number of nitrogens with zero attached hydrogens (tertiary/aromatic N) is 3. The molecule has 1 aliphatic carbocycles. The Morgan fingerprint density at radius 3 is 1.59 bits per heavy atom. The standard InChI is InChI=1S/C70H41N3O2S/c1-3-17-45(18-4-1)70(46-19-5-2-6-20-46)56-28-11-7-21-48(56)49-38-37-44(41-57(49)70)42-33-35-43(36-34-42)47-39-40-61-64(53-24-9-13-30-59(53)75-61)65(47)69-72-67(54-26-16-31-60-63(54)52-23-8-12-29-58(52)74-60)71-68(73-69)55-27-15-25-51-50-22-10-14-32-62(50)76-66(51)55/h1-41H. The largest absolute Gasteiger partial charge is 0.456 e. The van der Waals surface area contributed by atoms with E-state index in [1.165, 1.54) is 48.9 Å². The Morgan fingerprint density at radius 2 is 0.829 bits per heavy atom. The summed E-state index contributed by atoms with van der Waals surface area (Å²) in [6.07, 6.45) is 0. The Hall–Kier alpha value is -9.75. The zero-order valence-corrected chi connectivity index (χ0v) is 41.6. The number of rotatable bonds is 7. The van der Waals surface area contributed by atoms with Crippen molar-refractivity contribution in [3.05, 3.63) is 271 Å². The van der Waals surface area contributed by atoms with Crippen molar-refractivity contribution in [1.29, 1.82) is 0 Å². The minimum atomic E-state index is -0.497. The van der Waals surface area contributed by atoms with Crippen LogP contribution in [0.4, 0.5) is 0 Å². The number of hydrogen-bond acceptors (Lipinski definition) is 6. The van der Waals surface area contributed by atoms with Crippen molar-refractivity contribution in [3.8, 4) is 67.5 Å². The zero-order valence-electron chi connectivity index (χ0n) is 40.7. The van der Waals surface area contributed by atoms with Crippen LogP contribution >= 0.6 is 11.3 Å². The highest BCUT2D eigenvalue weighted by Gasteiger charge is 2.46. The van der Waals surface area contributed by atoms with E-state index in [1.54, 1.807) is 11.3 Å². The summed E-state index contributed by atoms with van der Waals surface area (Å²) < 4.78 is 15.5. The lowest BCUT2D eigenvalue weighted by molar-refractivity contribution is 0.668. The van der Waals surface area contributed by atoms with Gasteiger partial charge in [0, 0.05) is 58.4 Å². The summed E-state index contributed by atoms with van der Waals surface area (Å²) in [5, 5.41) is 6.29. The second-order valence-electron chi connectivity index (χ2n) is 19.7. The van der Waals surface area contributed by atoms with E-state index < -0.39 is 5.41 Å². The Morgan fingerprint density at radius 1 is 0.316 bits per heavy atom. The first-order valence-corrected chi connectivity index (χ1v) is 26.5. The number of thiophene rings is 1. The summed E-state index contributed by atoms with van der Waals surface area (Å²) >= 11 is 1.77. The third kappa shape index (κ3) is 6.28. The minimum Gasteiger partial charge on any atom is -0.456 e. The Labute approximate surface area is 440 Å². The molecule has 0 amide bonds. The van der Waals surface area contributed by atoms with E-state index in [0.717, 1.165) is 87.5 Å². The lowest BCUT2D eigenvalue weighted by Gasteiger charge is -2.34. The SMILES string of the molecule is c1ccc(C2(c3ccccc3)c3ccccc3-c3ccc(-c4ccc(-c5ccc6oc7ccccc7c6c5-c5nc(-c6cccc7c6sc6ccccc67)nc(-c6cccc7oc8ccccc8c67)n5)cc4)cc32)cc1. The number of para-hydroxylation sites is 2. The van der Waals surface area contributed by atoms with E-state index in [2.05, 4.69) is 212 Å². The van der Waals surface area contributed by atoms with Crippen LogP contribution < -0.4 is 0 Å². The third-order valence-corrected chi connectivity index (χ3v) is 16.9. The molecule has 0 saturated heterocycles. The van der Waals surface area contributed by atoms with Gasteiger partial charge in [-0.25, -0.2) is 15.0 Å². The van der Waals surface area contributed by atoms with Crippen LogP contribution in [-0.2, 0) is 5.41 Å². The van der Waals surface area contributed by atoms with E-state index >= 15 is 0 Å². The maximum absolute atomic E-state index is 6.66. The fourth-order valence-electron chi connectivity index (χ4n) is 12.4. The van der Waals surface area contributed by atoms with Crippen molar-refractivity contribution in [1.82, 2.24) is 15.0 Å². The number of benzene rings is 11. The maximum atomic E-state index is 6.66. The normalized spacial score (nSPS) is 12.8. The molecule has 0 bridgehead atoms. The van der Waals surface area contributed by atoms with Crippen LogP contribution in [0.1, 0.15) is 22.3 Å². The van der Waals surface area contributed by atoms with E-state index in [0.29, 0.717) is 17.5 Å². The summed E-state index contributed by atoms with van der Waals surface area (Å²) in [5.41, 5.74) is 17.2. The van der Waals surface area contributed by atoms with Crippen LogP contribution in [0.3, 0.4) is 0 Å². The van der Waals surface area contributed by atoms with Crippen molar-refractivity contribution < 1.29 is 8.83 Å². The van der Waals surface area contributed by atoms with Gasteiger partial charge in [0.05, 0.1) is 5.41 Å². The molecule has 0 atom stereocenters. The van der Waals surface area contributed by atoms with Crippen molar-refractivity contribution >= 4 is 75.4 Å². The van der Waals surface area contributed by atoms with Gasteiger partial charge in [-0.2, -0.15) is 0 Å². The lowest BCUT2D eigenvalue weighted by Crippen LogP contribution is -2.28. The topological polar surface area (TPSA) is 65.0 Å². The molecule has 0 aliphatic heterocycles. The van der Waals surface area contributed by atoms with Crippen molar-refractivity contribution in [2.24, 2.45) is 0 Å². The molecule has 11 aromatic carbocycles. The van der Waals surface area contributed by atoms with E-state index in [-0.39, 0.29) is 0 Å². The minimum absolute atomic E-state index is 0.497. The smallest absolute Gasteiger partial charge is 0.165 e. The molecule has 0 fully saturated rings. The molecule has 354 valence electrons. The highest BCUT2D eigenvalue weighted by molar-refractivity contribution is 7.26. The summed E-state index contributed by atoms with van der Waals surface area (Å²) in [4.78, 5) is 16.6. The summed E-state index contributed by atoms with van der Waals surface area (Å²) in [6, 6.07) is 88.8. The molecule has 0 N–H and O–H groups in total. The predicted octanol–water partition coefficient (Wildman–Crippen LogP) is 18.7. The molecule has 4 aromatic heterocycles. The van der Waals surface area contributed by atoms with Gasteiger partial charge in [0.25, 0.3) is 0 Å². The molecule has 0 unspecified atom stereocenters.